The SMILES string of the molecule is CNCc1sccc1S(=O)(=O)Nc1c(Br)cc(Br)cc1Br. The molecule has 0 spiro atoms. The molecule has 114 valence electrons. The first-order chi connectivity index (χ1) is 9.85. The summed E-state index contributed by atoms with van der Waals surface area (Å²) in [4.78, 5) is 1.07. The van der Waals surface area contributed by atoms with Crippen LogP contribution in [0.2, 0.25) is 0 Å². The Morgan fingerprint density at radius 2 is 1.81 bits per heavy atom. The van der Waals surface area contributed by atoms with E-state index in [1.165, 1.54) is 11.3 Å². The van der Waals surface area contributed by atoms with Crippen LogP contribution in [0.4, 0.5) is 5.69 Å². The number of hydrogen-bond acceptors (Lipinski definition) is 4. The summed E-state index contributed by atoms with van der Waals surface area (Å²) in [7, 11) is -1.85. The summed E-state index contributed by atoms with van der Waals surface area (Å²) in [5.41, 5.74) is 0.472. The van der Waals surface area contributed by atoms with Gasteiger partial charge in [-0.05, 0) is 62.5 Å². The summed E-state index contributed by atoms with van der Waals surface area (Å²) < 4.78 is 29.9. The fourth-order valence-corrected chi connectivity index (χ4v) is 6.96. The van der Waals surface area contributed by atoms with Gasteiger partial charge in [0.15, 0.2) is 0 Å². The number of rotatable bonds is 5. The van der Waals surface area contributed by atoms with Crippen molar-refractivity contribution in [3.8, 4) is 0 Å². The molecule has 0 radical (unpaired) electrons. The second kappa shape index (κ2) is 7.10. The maximum absolute atomic E-state index is 12.6. The van der Waals surface area contributed by atoms with Gasteiger partial charge in [0.25, 0.3) is 10.0 Å². The Hall–Kier alpha value is 0.0700. The lowest BCUT2D eigenvalue weighted by molar-refractivity contribution is 0.600. The molecule has 1 aromatic heterocycles. The number of hydrogen-bond donors (Lipinski definition) is 2. The highest BCUT2D eigenvalue weighted by Gasteiger charge is 2.21. The minimum Gasteiger partial charge on any atom is -0.315 e. The molecule has 1 aromatic carbocycles. The molecule has 0 amide bonds. The molecule has 1 heterocycles. The number of nitrogens with one attached hydrogen (secondary N) is 2. The van der Waals surface area contributed by atoms with Crippen molar-refractivity contribution >= 4 is 74.8 Å². The second-order valence-electron chi connectivity index (χ2n) is 4.09. The first-order valence-electron chi connectivity index (χ1n) is 5.73. The van der Waals surface area contributed by atoms with Crippen molar-refractivity contribution in [2.24, 2.45) is 0 Å². The Labute approximate surface area is 152 Å². The predicted octanol–water partition coefficient (Wildman–Crippen LogP) is 4.56. The van der Waals surface area contributed by atoms with Crippen LogP contribution in [0.5, 0.6) is 0 Å². The molecular weight excluding hydrogens is 508 g/mol. The van der Waals surface area contributed by atoms with E-state index in [-0.39, 0.29) is 0 Å². The van der Waals surface area contributed by atoms with Gasteiger partial charge in [-0.3, -0.25) is 4.72 Å². The summed E-state index contributed by atoms with van der Waals surface area (Å²) in [5.74, 6) is 0. The molecule has 2 aromatic rings. The van der Waals surface area contributed by atoms with E-state index in [1.54, 1.807) is 30.6 Å². The summed E-state index contributed by atoms with van der Waals surface area (Å²) in [6.45, 7) is 0.511. The number of thiophene rings is 1. The molecule has 2 rings (SSSR count). The molecule has 2 N–H and O–H groups in total. The van der Waals surface area contributed by atoms with Crippen molar-refractivity contribution in [3.63, 3.8) is 0 Å². The minimum absolute atomic E-state index is 0.295. The van der Waals surface area contributed by atoms with Gasteiger partial charge in [0.05, 0.1) is 5.69 Å². The van der Waals surface area contributed by atoms with E-state index >= 15 is 0 Å². The molecule has 0 aliphatic rings. The van der Waals surface area contributed by atoms with Gasteiger partial charge < -0.3 is 5.32 Å². The van der Waals surface area contributed by atoms with E-state index in [0.29, 0.717) is 26.1 Å². The molecule has 0 bridgehead atoms. The average Bonchev–Trinajstić information content (AvgIpc) is 2.83. The molecule has 0 fully saturated rings. The first kappa shape index (κ1) is 17.4. The third kappa shape index (κ3) is 4.08. The monoisotopic (exact) mass is 516 g/mol. The van der Waals surface area contributed by atoms with Crippen molar-refractivity contribution < 1.29 is 8.42 Å². The number of benzene rings is 1. The second-order valence-corrected chi connectivity index (χ2v) is 9.36. The molecule has 0 aliphatic heterocycles. The topological polar surface area (TPSA) is 58.2 Å². The van der Waals surface area contributed by atoms with Crippen LogP contribution in [0, 0.1) is 0 Å². The molecule has 0 atom stereocenters. The molecule has 21 heavy (non-hydrogen) atoms. The van der Waals surface area contributed by atoms with Crippen LogP contribution >= 0.6 is 59.1 Å². The maximum Gasteiger partial charge on any atom is 0.263 e. The van der Waals surface area contributed by atoms with Crippen molar-refractivity contribution in [2.75, 3.05) is 11.8 Å². The lowest BCUT2D eigenvalue weighted by atomic mass is 10.3. The highest BCUT2D eigenvalue weighted by molar-refractivity contribution is 9.11. The third-order valence-electron chi connectivity index (χ3n) is 2.57. The average molecular weight is 519 g/mol. The van der Waals surface area contributed by atoms with Crippen molar-refractivity contribution in [3.05, 3.63) is 41.9 Å². The van der Waals surface area contributed by atoms with Gasteiger partial charge in [0.2, 0.25) is 0 Å². The highest BCUT2D eigenvalue weighted by atomic mass is 79.9. The zero-order chi connectivity index (χ0) is 15.6. The highest BCUT2D eigenvalue weighted by Crippen LogP contribution is 2.36. The van der Waals surface area contributed by atoms with Gasteiger partial charge in [0.1, 0.15) is 4.90 Å². The van der Waals surface area contributed by atoms with Crippen LogP contribution in [-0.2, 0) is 16.6 Å². The van der Waals surface area contributed by atoms with Crippen LogP contribution in [-0.4, -0.2) is 15.5 Å². The van der Waals surface area contributed by atoms with Gasteiger partial charge in [-0.25, -0.2) is 8.42 Å². The molecule has 0 aliphatic carbocycles. The van der Waals surface area contributed by atoms with Gasteiger partial charge in [0, 0.05) is 24.8 Å². The Bertz CT molecular complexity index is 737. The summed E-state index contributed by atoms with van der Waals surface area (Å²) >= 11 is 11.5. The van der Waals surface area contributed by atoms with Crippen LogP contribution in [0.1, 0.15) is 4.88 Å². The quantitative estimate of drug-likeness (QED) is 0.610. The van der Waals surface area contributed by atoms with Crippen LogP contribution < -0.4 is 10.0 Å². The first-order valence-corrected chi connectivity index (χ1v) is 10.5. The van der Waals surface area contributed by atoms with Gasteiger partial charge in [-0.2, -0.15) is 0 Å². The molecular formula is C12H11Br3N2O2S2. The maximum atomic E-state index is 12.6. The smallest absolute Gasteiger partial charge is 0.263 e. The van der Waals surface area contributed by atoms with E-state index in [2.05, 4.69) is 57.8 Å². The van der Waals surface area contributed by atoms with E-state index in [9.17, 15) is 8.42 Å². The Morgan fingerprint density at radius 3 is 2.38 bits per heavy atom. The third-order valence-corrected chi connectivity index (χ3v) is 6.77. The van der Waals surface area contributed by atoms with E-state index in [4.69, 9.17) is 0 Å². The largest absolute Gasteiger partial charge is 0.315 e. The zero-order valence-electron chi connectivity index (χ0n) is 10.8. The van der Waals surface area contributed by atoms with Crippen LogP contribution in [0.3, 0.4) is 0 Å². The number of halogens is 3. The van der Waals surface area contributed by atoms with E-state index in [1.807, 2.05) is 0 Å². The fraction of sp³-hybridized carbons (Fsp3) is 0.167. The number of sulfonamides is 1. The predicted molar refractivity (Wildman–Crippen MR) is 97.4 cm³/mol. The van der Waals surface area contributed by atoms with Crippen molar-refractivity contribution in [1.82, 2.24) is 5.32 Å². The summed E-state index contributed by atoms with van der Waals surface area (Å²) in [6, 6.07) is 5.18. The fourth-order valence-electron chi connectivity index (χ4n) is 1.69. The standard InChI is InChI=1S/C12H11Br3N2O2S2/c1-16-6-10-11(2-3-20-10)21(18,19)17-12-8(14)4-7(13)5-9(12)15/h2-5,16-17H,6H2,1H3. The van der Waals surface area contributed by atoms with Gasteiger partial charge in [-0.1, -0.05) is 15.9 Å². The van der Waals surface area contributed by atoms with Crippen LogP contribution in [0.25, 0.3) is 0 Å². The van der Waals surface area contributed by atoms with Crippen LogP contribution in [0.15, 0.2) is 41.9 Å². The van der Waals surface area contributed by atoms with E-state index < -0.39 is 10.0 Å². The van der Waals surface area contributed by atoms with E-state index in [0.717, 1.165) is 9.35 Å². The molecule has 9 heteroatoms. The zero-order valence-corrected chi connectivity index (χ0v) is 17.2. The minimum atomic E-state index is -3.64. The van der Waals surface area contributed by atoms with Gasteiger partial charge in [-0.15, -0.1) is 11.3 Å². The summed E-state index contributed by atoms with van der Waals surface area (Å²) in [6.07, 6.45) is 0. The van der Waals surface area contributed by atoms with Gasteiger partial charge >= 0.3 is 0 Å². The molecule has 0 unspecified atom stereocenters. The molecule has 0 saturated heterocycles. The van der Waals surface area contributed by atoms with Crippen molar-refractivity contribution in [1.29, 1.82) is 0 Å². The summed E-state index contributed by atoms with van der Waals surface area (Å²) in [5, 5.41) is 4.74. The lowest BCUT2D eigenvalue weighted by Crippen LogP contribution is -2.16. The lowest BCUT2D eigenvalue weighted by Gasteiger charge is -2.12. The normalized spacial score (nSPS) is 11.6. The molecule has 0 saturated carbocycles. The van der Waals surface area contributed by atoms with Crippen molar-refractivity contribution in [2.45, 2.75) is 11.4 Å². The Morgan fingerprint density at radius 1 is 1.19 bits per heavy atom. The number of anilines is 1. The Balaban J connectivity index is 2.40. The Kier molecular flexibility index (Phi) is 5.89. The molecule has 4 nitrogen and oxygen atoms in total.